The molecule has 0 fully saturated rings. The fraction of sp³-hybridized carbons (Fsp3) is 0.455. The fourth-order valence-electron chi connectivity index (χ4n) is 1.39. The lowest BCUT2D eigenvalue weighted by molar-refractivity contribution is 0.681. The van der Waals surface area contributed by atoms with Crippen molar-refractivity contribution >= 4 is 23.0 Å². The summed E-state index contributed by atoms with van der Waals surface area (Å²) in [4.78, 5) is 7.07. The summed E-state index contributed by atoms with van der Waals surface area (Å²) in [6.45, 7) is 5.09. The average molecular weight is 223 g/mol. The van der Waals surface area contributed by atoms with Crippen molar-refractivity contribution < 1.29 is 0 Å². The number of pyridine rings is 1. The Labute approximate surface area is 96.3 Å². The van der Waals surface area contributed by atoms with E-state index in [9.17, 15) is 0 Å². The zero-order chi connectivity index (χ0) is 11.3. The van der Waals surface area contributed by atoms with Crippen molar-refractivity contribution in [1.29, 1.82) is 0 Å². The molecule has 0 amide bonds. The Morgan fingerprint density at radius 2 is 2.27 bits per heavy atom. The predicted molar refractivity (Wildman–Crippen MR) is 68.1 cm³/mol. The maximum absolute atomic E-state index is 5.50. The average Bonchev–Trinajstić information content (AvgIpc) is 2.18. The highest BCUT2D eigenvalue weighted by molar-refractivity contribution is 7.80. The molecule has 0 aliphatic rings. The first-order chi connectivity index (χ1) is 7.11. The molecule has 3 nitrogen and oxygen atoms in total. The van der Waals surface area contributed by atoms with Crippen LogP contribution in [0.5, 0.6) is 0 Å². The second-order valence-corrected chi connectivity index (χ2v) is 4.22. The van der Waals surface area contributed by atoms with Crippen molar-refractivity contribution in [2.24, 2.45) is 5.73 Å². The van der Waals surface area contributed by atoms with E-state index in [4.69, 9.17) is 18.0 Å². The molecule has 0 aliphatic carbocycles. The number of aromatic nitrogens is 1. The molecule has 4 heteroatoms. The van der Waals surface area contributed by atoms with Gasteiger partial charge in [-0.2, -0.15) is 0 Å². The Kier molecular flexibility index (Phi) is 4.49. The highest BCUT2D eigenvalue weighted by Crippen LogP contribution is 2.13. The number of nitrogens with zero attached hydrogens (tertiary/aromatic N) is 2. The summed E-state index contributed by atoms with van der Waals surface area (Å²) < 4.78 is 0. The Morgan fingerprint density at radius 1 is 1.53 bits per heavy atom. The minimum absolute atomic E-state index is 0.397. The molecule has 15 heavy (non-hydrogen) atoms. The van der Waals surface area contributed by atoms with Crippen molar-refractivity contribution in [1.82, 2.24) is 4.98 Å². The molecule has 0 saturated heterocycles. The zero-order valence-corrected chi connectivity index (χ0v) is 10.00. The summed E-state index contributed by atoms with van der Waals surface area (Å²) in [7, 11) is 0. The second-order valence-electron chi connectivity index (χ2n) is 3.69. The van der Waals surface area contributed by atoms with Gasteiger partial charge in [0.25, 0.3) is 0 Å². The number of thiocarbonyl (C=S) groups is 1. The standard InChI is InChI=1S/C11H17N3S/c1-9(2)14(8-6-10(12)15)11-5-3-4-7-13-11/h3-5,7,9H,6,8H2,1-2H3,(H2,12,15). The van der Waals surface area contributed by atoms with E-state index in [0.29, 0.717) is 11.0 Å². The Balaban J connectivity index is 2.70. The van der Waals surface area contributed by atoms with Crippen LogP contribution >= 0.6 is 12.2 Å². The summed E-state index contributed by atoms with van der Waals surface area (Å²) in [6.07, 6.45) is 2.52. The lowest BCUT2D eigenvalue weighted by Gasteiger charge is -2.27. The molecule has 1 heterocycles. The van der Waals surface area contributed by atoms with Gasteiger partial charge in [-0.05, 0) is 26.0 Å². The second kappa shape index (κ2) is 5.66. The molecule has 0 saturated carbocycles. The number of nitrogens with two attached hydrogens (primary N) is 1. The third kappa shape index (κ3) is 3.83. The van der Waals surface area contributed by atoms with Crippen LogP contribution in [0.3, 0.4) is 0 Å². The summed E-state index contributed by atoms with van der Waals surface area (Å²) in [6, 6.07) is 6.29. The minimum Gasteiger partial charge on any atom is -0.393 e. The van der Waals surface area contributed by atoms with Gasteiger partial charge in [-0.25, -0.2) is 4.98 Å². The van der Waals surface area contributed by atoms with Crippen LogP contribution in [0.4, 0.5) is 5.82 Å². The van der Waals surface area contributed by atoms with Gasteiger partial charge in [0, 0.05) is 25.2 Å². The molecule has 1 aromatic rings. The molecule has 2 N–H and O–H groups in total. The molecule has 1 rings (SSSR count). The first-order valence-corrected chi connectivity index (χ1v) is 5.48. The van der Waals surface area contributed by atoms with E-state index >= 15 is 0 Å². The third-order valence-electron chi connectivity index (χ3n) is 2.17. The number of hydrogen-bond acceptors (Lipinski definition) is 3. The molecule has 0 spiro atoms. The van der Waals surface area contributed by atoms with Gasteiger partial charge in [0.05, 0.1) is 4.99 Å². The maximum atomic E-state index is 5.50. The maximum Gasteiger partial charge on any atom is 0.128 e. The predicted octanol–water partition coefficient (Wildman–Crippen LogP) is 1.97. The summed E-state index contributed by atoms with van der Waals surface area (Å²) in [5, 5.41) is 0. The Bertz CT molecular complexity index is 311. The first-order valence-electron chi connectivity index (χ1n) is 5.07. The molecule has 82 valence electrons. The lowest BCUT2D eigenvalue weighted by atomic mass is 10.2. The van der Waals surface area contributed by atoms with Crippen molar-refractivity contribution in [2.45, 2.75) is 26.3 Å². The summed E-state index contributed by atoms with van der Waals surface area (Å²) >= 11 is 4.88. The topological polar surface area (TPSA) is 42.1 Å². The van der Waals surface area contributed by atoms with E-state index in [1.807, 2.05) is 18.2 Å². The lowest BCUT2D eigenvalue weighted by Crippen LogP contribution is -2.34. The fourth-order valence-corrected chi connectivity index (χ4v) is 1.48. The Morgan fingerprint density at radius 3 is 2.73 bits per heavy atom. The molecule has 0 bridgehead atoms. The van der Waals surface area contributed by atoms with Crippen molar-refractivity contribution in [3.05, 3.63) is 24.4 Å². The summed E-state index contributed by atoms with van der Waals surface area (Å²) in [5.41, 5.74) is 5.50. The van der Waals surface area contributed by atoms with Crippen molar-refractivity contribution in [2.75, 3.05) is 11.4 Å². The Hall–Kier alpha value is -1.16. The van der Waals surface area contributed by atoms with Crippen molar-refractivity contribution in [3.8, 4) is 0 Å². The molecular weight excluding hydrogens is 206 g/mol. The van der Waals surface area contributed by atoms with Crippen LogP contribution in [0.25, 0.3) is 0 Å². The smallest absolute Gasteiger partial charge is 0.128 e. The van der Waals surface area contributed by atoms with Crippen LogP contribution in [0.1, 0.15) is 20.3 Å². The molecular formula is C11H17N3S. The van der Waals surface area contributed by atoms with Gasteiger partial charge in [-0.3, -0.25) is 0 Å². The molecule has 0 aliphatic heterocycles. The highest BCUT2D eigenvalue weighted by Gasteiger charge is 2.10. The van der Waals surface area contributed by atoms with Crippen molar-refractivity contribution in [3.63, 3.8) is 0 Å². The SMILES string of the molecule is CC(C)N(CCC(N)=S)c1ccccn1. The zero-order valence-electron chi connectivity index (χ0n) is 9.18. The van der Waals surface area contributed by atoms with Crippen LogP contribution in [0.15, 0.2) is 24.4 Å². The number of rotatable bonds is 5. The van der Waals surface area contributed by atoms with Crippen LogP contribution in [-0.2, 0) is 0 Å². The minimum atomic E-state index is 0.397. The first kappa shape index (κ1) is 11.9. The third-order valence-corrected chi connectivity index (χ3v) is 2.37. The number of hydrogen-bond donors (Lipinski definition) is 1. The van der Waals surface area contributed by atoms with E-state index in [1.165, 1.54) is 0 Å². The van der Waals surface area contributed by atoms with Gasteiger partial charge in [-0.15, -0.1) is 0 Å². The van der Waals surface area contributed by atoms with E-state index < -0.39 is 0 Å². The van der Waals surface area contributed by atoms with Gasteiger partial charge in [0.1, 0.15) is 5.82 Å². The number of anilines is 1. The molecule has 0 unspecified atom stereocenters. The van der Waals surface area contributed by atoms with Gasteiger partial charge in [0.2, 0.25) is 0 Å². The quantitative estimate of drug-likeness (QED) is 0.775. The monoisotopic (exact) mass is 223 g/mol. The van der Waals surface area contributed by atoms with Crippen LogP contribution < -0.4 is 10.6 Å². The van der Waals surface area contributed by atoms with Gasteiger partial charge < -0.3 is 10.6 Å². The van der Waals surface area contributed by atoms with Crippen LogP contribution in [0.2, 0.25) is 0 Å². The molecule has 1 aromatic heterocycles. The highest BCUT2D eigenvalue weighted by atomic mass is 32.1. The largest absolute Gasteiger partial charge is 0.393 e. The van der Waals surface area contributed by atoms with Gasteiger partial charge in [0.15, 0.2) is 0 Å². The molecule has 0 atom stereocenters. The molecule has 0 radical (unpaired) electrons. The molecule has 0 aromatic carbocycles. The normalized spacial score (nSPS) is 10.3. The summed E-state index contributed by atoms with van der Waals surface area (Å²) in [5.74, 6) is 0.976. The van der Waals surface area contributed by atoms with Gasteiger partial charge >= 0.3 is 0 Å². The van der Waals surface area contributed by atoms with E-state index in [2.05, 4.69) is 23.7 Å². The van der Waals surface area contributed by atoms with Crippen LogP contribution in [0, 0.1) is 0 Å². The van der Waals surface area contributed by atoms with E-state index in [0.717, 1.165) is 18.8 Å². The van der Waals surface area contributed by atoms with Crippen LogP contribution in [-0.4, -0.2) is 22.6 Å². The van der Waals surface area contributed by atoms with E-state index in [-0.39, 0.29) is 0 Å². The van der Waals surface area contributed by atoms with E-state index in [1.54, 1.807) is 6.20 Å². The van der Waals surface area contributed by atoms with Gasteiger partial charge in [-0.1, -0.05) is 18.3 Å².